The quantitative estimate of drug-likeness (QED) is 0.0810. The third-order valence-corrected chi connectivity index (χ3v) is 8.30. The van der Waals surface area contributed by atoms with Gasteiger partial charge in [-0.05, 0) is 36.6 Å². The second kappa shape index (κ2) is 11.9. The van der Waals surface area contributed by atoms with Crippen molar-refractivity contribution in [2.24, 2.45) is 5.16 Å². The number of nitrogen functional groups attached to an aromatic ring is 1. The Bertz CT molecular complexity index is 1430. The molecule has 3 aliphatic heterocycles. The van der Waals surface area contributed by atoms with Gasteiger partial charge in [0.2, 0.25) is 0 Å². The minimum absolute atomic E-state index is 0. The van der Waals surface area contributed by atoms with Gasteiger partial charge in [-0.2, -0.15) is 0 Å². The van der Waals surface area contributed by atoms with Crippen molar-refractivity contribution in [2.45, 2.75) is 24.3 Å². The van der Waals surface area contributed by atoms with Crippen LogP contribution in [0.4, 0.5) is 10.8 Å². The Morgan fingerprint density at radius 3 is 2.64 bits per heavy atom. The number of oxime groups is 1. The Labute approximate surface area is 252 Å². The zero-order chi connectivity index (χ0) is 27.0. The number of hydrogen-bond acceptors (Lipinski definition) is 11. The molecule has 2 saturated heterocycles. The van der Waals surface area contributed by atoms with Gasteiger partial charge in [0.1, 0.15) is 17.1 Å². The van der Waals surface area contributed by atoms with Gasteiger partial charge in [0.25, 0.3) is 17.7 Å². The van der Waals surface area contributed by atoms with Crippen LogP contribution in [0.3, 0.4) is 0 Å². The van der Waals surface area contributed by atoms with Crippen LogP contribution in [0.5, 0.6) is 0 Å². The number of para-hydroxylation sites is 1. The average Bonchev–Trinajstić information content (AvgIpc) is 3.34. The summed E-state index contributed by atoms with van der Waals surface area (Å²) in [5.41, 5.74) is 6.33. The number of hydrogen-bond donors (Lipinski definition) is 3. The summed E-state index contributed by atoms with van der Waals surface area (Å²) in [6, 6.07) is 8.12. The van der Waals surface area contributed by atoms with E-state index in [4.69, 9.17) is 5.73 Å². The summed E-state index contributed by atoms with van der Waals surface area (Å²) in [5, 5.41) is 27.7. The number of nitrogens with one attached hydrogen (secondary N) is 1. The molecule has 0 saturated carbocycles. The zero-order valence-electron chi connectivity index (χ0n) is 20.7. The molecule has 1 aromatic heterocycles. The van der Waals surface area contributed by atoms with E-state index < -0.39 is 34.9 Å². The third-order valence-electron chi connectivity index (χ3n) is 6.32. The molecule has 15 heteroatoms. The first-order chi connectivity index (χ1) is 18.3. The van der Waals surface area contributed by atoms with E-state index in [1.54, 1.807) is 4.90 Å². The number of carboxylic acid groups (broad SMARTS) is 1. The Hall–Kier alpha value is -3.17. The Morgan fingerprint density at radius 2 is 2.00 bits per heavy atom. The first-order valence-electron chi connectivity index (χ1n) is 11.5. The number of aliphatic carboxylic acids is 1. The van der Waals surface area contributed by atoms with Crippen LogP contribution in [0.1, 0.15) is 18.5 Å². The minimum Gasteiger partial charge on any atom is -0.543 e. The van der Waals surface area contributed by atoms with Crippen LogP contribution in [0.25, 0.3) is 0 Å². The summed E-state index contributed by atoms with van der Waals surface area (Å²) in [5.74, 6) is -3.13. The van der Waals surface area contributed by atoms with Crippen LogP contribution in [0, 0.1) is 0 Å². The number of carbonyl (C=O) groups is 4. The normalized spacial score (nSPS) is 22.3. The van der Waals surface area contributed by atoms with E-state index in [0.717, 1.165) is 21.9 Å². The largest absolute Gasteiger partial charge is 1.00 e. The number of carbonyl (C=O) groups excluding carboxylic acids is 4. The van der Waals surface area contributed by atoms with Crippen LogP contribution in [-0.4, -0.2) is 68.2 Å². The predicted molar refractivity (Wildman–Crippen MR) is 138 cm³/mol. The SMILES string of the molecule is Nc1nc(/C(=N/O)C(=O)N[C@@H]2C(=O)N3C(C(=O)[O-])=C(/C=C4\CCCN(c5ccccc5)C4=O)CS[C@H]23)cs1.[Na+]. The predicted octanol–water partition coefficient (Wildman–Crippen LogP) is -2.94. The summed E-state index contributed by atoms with van der Waals surface area (Å²) in [7, 11) is 0. The van der Waals surface area contributed by atoms with Gasteiger partial charge >= 0.3 is 29.6 Å². The minimum atomic E-state index is -1.56. The first-order valence-corrected chi connectivity index (χ1v) is 13.4. The fourth-order valence-corrected chi connectivity index (χ4v) is 6.42. The van der Waals surface area contributed by atoms with E-state index in [2.05, 4.69) is 15.5 Å². The van der Waals surface area contributed by atoms with Gasteiger partial charge in [0.05, 0.1) is 11.7 Å². The van der Waals surface area contributed by atoms with Crippen molar-refractivity contribution in [3.8, 4) is 0 Å². The summed E-state index contributed by atoms with van der Waals surface area (Å²) < 4.78 is 0. The van der Waals surface area contributed by atoms with Crippen LogP contribution in [-0.2, 0) is 19.2 Å². The van der Waals surface area contributed by atoms with Gasteiger partial charge in [-0.15, -0.1) is 23.1 Å². The van der Waals surface area contributed by atoms with Crippen LogP contribution < -0.4 is 50.6 Å². The van der Waals surface area contributed by atoms with E-state index in [1.807, 2.05) is 30.3 Å². The smallest absolute Gasteiger partial charge is 0.543 e. The second-order valence-electron chi connectivity index (χ2n) is 8.61. The summed E-state index contributed by atoms with van der Waals surface area (Å²) >= 11 is 2.28. The van der Waals surface area contributed by atoms with E-state index in [9.17, 15) is 29.5 Å². The number of allylic oxidation sites excluding steroid dienone is 1. The number of anilines is 2. The molecule has 2 aromatic rings. The van der Waals surface area contributed by atoms with E-state index in [1.165, 1.54) is 23.2 Å². The number of thioether (sulfide) groups is 1. The molecule has 0 unspecified atom stereocenters. The van der Waals surface area contributed by atoms with Crippen molar-refractivity contribution >= 4 is 63.3 Å². The second-order valence-corrected chi connectivity index (χ2v) is 10.6. The van der Waals surface area contributed by atoms with Crippen molar-refractivity contribution in [1.29, 1.82) is 0 Å². The van der Waals surface area contributed by atoms with Gasteiger partial charge < -0.3 is 31.1 Å². The maximum atomic E-state index is 13.2. The fourth-order valence-electron chi connectivity index (χ4n) is 4.57. The maximum Gasteiger partial charge on any atom is 1.00 e. The number of carboxylic acids is 1. The van der Waals surface area contributed by atoms with Crippen molar-refractivity contribution in [3.63, 3.8) is 0 Å². The van der Waals surface area contributed by atoms with Crippen LogP contribution in [0.15, 0.2) is 63.8 Å². The molecule has 4 heterocycles. The number of aromatic nitrogens is 1. The molecule has 2 fully saturated rings. The molecular formula is C24H21N6NaO6S2. The van der Waals surface area contributed by atoms with Crippen LogP contribution in [0.2, 0.25) is 0 Å². The number of β-lactam (4-membered cyclic amide) rings is 1. The average molecular weight is 577 g/mol. The maximum absolute atomic E-state index is 13.2. The van der Waals surface area contributed by atoms with Gasteiger partial charge in [0.15, 0.2) is 10.8 Å². The molecule has 0 bridgehead atoms. The molecule has 2 atom stereocenters. The Kier molecular flexibility index (Phi) is 8.81. The molecular weight excluding hydrogens is 555 g/mol. The molecule has 0 spiro atoms. The third kappa shape index (κ3) is 5.47. The summed E-state index contributed by atoms with van der Waals surface area (Å²) in [4.78, 5) is 57.6. The summed E-state index contributed by atoms with van der Waals surface area (Å²) in [6.07, 6.45) is 2.71. The molecule has 12 nitrogen and oxygen atoms in total. The van der Waals surface area contributed by atoms with E-state index in [-0.39, 0.29) is 63.3 Å². The summed E-state index contributed by atoms with van der Waals surface area (Å²) in [6.45, 7) is 0.544. The van der Waals surface area contributed by atoms with Gasteiger partial charge in [-0.25, -0.2) is 4.98 Å². The van der Waals surface area contributed by atoms with Gasteiger partial charge in [-0.1, -0.05) is 23.4 Å². The molecule has 3 amide bonds. The van der Waals surface area contributed by atoms with Gasteiger partial charge in [-0.3, -0.25) is 19.3 Å². The topological polar surface area (TPSA) is 181 Å². The molecule has 1 aromatic carbocycles. The number of benzene rings is 1. The fraction of sp³-hybridized carbons (Fsp3) is 0.250. The molecule has 0 radical (unpaired) electrons. The number of rotatable bonds is 6. The number of amides is 3. The first kappa shape index (κ1) is 28.8. The molecule has 4 N–H and O–H groups in total. The van der Waals surface area contributed by atoms with E-state index >= 15 is 0 Å². The number of nitrogens with two attached hydrogens (primary N) is 1. The Morgan fingerprint density at radius 1 is 1.26 bits per heavy atom. The van der Waals surface area contributed by atoms with Crippen molar-refractivity contribution in [2.75, 3.05) is 22.9 Å². The van der Waals surface area contributed by atoms with Crippen molar-refractivity contribution < 1.29 is 59.0 Å². The molecule has 0 aliphatic carbocycles. The number of thiazole rings is 1. The number of nitrogens with zero attached hydrogens (tertiary/aromatic N) is 4. The van der Waals surface area contributed by atoms with E-state index in [0.29, 0.717) is 25.0 Å². The Balaban J connectivity index is 0.00000353. The number of piperidine rings is 1. The molecule has 5 rings (SSSR count). The molecule has 3 aliphatic rings. The molecule has 39 heavy (non-hydrogen) atoms. The van der Waals surface area contributed by atoms with Gasteiger partial charge in [0, 0.05) is 28.9 Å². The standard InChI is InChI=1S/C24H22N6O6S2.Na/c25-24-26-15(11-38-24)16(28-36)19(31)27-17-21(33)30-18(23(34)35)13(10-37-22(17)30)9-12-5-4-8-29(20(12)32)14-6-2-1-3-7-14;/h1-3,6-7,9,11,17,22,36H,4-5,8,10H2,(H2,25,26)(H,27,31)(H,34,35);/q;+1/p-1/b12-9+,28-16-;/t17-,22-;/m1./s1. The monoisotopic (exact) mass is 576 g/mol. The molecule has 196 valence electrons. The number of fused-ring (bicyclic) bond motifs is 1. The van der Waals surface area contributed by atoms with Crippen molar-refractivity contribution in [3.05, 3.63) is 64.3 Å². The zero-order valence-corrected chi connectivity index (χ0v) is 24.3. The van der Waals surface area contributed by atoms with Crippen molar-refractivity contribution in [1.82, 2.24) is 15.2 Å². The van der Waals surface area contributed by atoms with Crippen LogP contribution >= 0.6 is 23.1 Å².